The Morgan fingerprint density at radius 2 is 1.78 bits per heavy atom. The summed E-state index contributed by atoms with van der Waals surface area (Å²) in [5, 5.41) is 0. The molecule has 0 unspecified atom stereocenters. The van der Waals surface area contributed by atoms with Crippen molar-refractivity contribution in [3.8, 4) is 0 Å². The summed E-state index contributed by atoms with van der Waals surface area (Å²) >= 11 is 0. The second-order valence-electron chi connectivity index (χ2n) is 3.84. The molecule has 0 atom stereocenters. The Hall–Kier alpha value is -0.960. The fourth-order valence-corrected chi connectivity index (χ4v) is 3.26. The van der Waals surface area contributed by atoms with Gasteiger partial charge in [-0.15, -0.1) is 0 Å². The van der Waals surface area contributed by atoms with Crippen LogP contribution in [0.3, 0.4) is 0 Å². The summed E-state index contributed by atoms with van der Waals surface area (Å²) in [6, 6.07) is 6.33. The zero-order chi connectivity index (χ0) is 13.8. The summed E-state index contributed by atoms with van der Waals surface area (Å²) in [4.78, 5) is 0.0843. The van der Waals surface area contributed by atoms with Crippen molar-refractivity contribution in [2.24, 2.45) is 5.73 Å². The first kappa shape index (κ1) is 15.1. The van der Waals surface area contributed by atoms with Crippen LogP contribution in [-0.4, -0.2) is 35.4 Å². The van der Waals surface area contributed by atoms with Gasteiger partial charge in [0.15, 0.2) is 0 Å². The molecular formula is C10H16N2O4S2. The molecule has 0 spiro atoms. The molecule has 6 nitrogen and oxygen atoms in total. The number of hydrogen-bond acceptors (Lipinski definition) is 5. The molecule has 0 fully saturated rings. The molecule has 0 saturated heterocycles. The minimum absolute atomic E-state index is 0.0843. The van der Waals surface area contributed by atoms with Crippen molar-refractivity contribution in [2.45, 2.75) is 11.4 Å². The van der Waals surface area contributed by atoms with E-state index in [-0.39, 0.29) is 23.7 Å². The van der Waals surface area contributed by atoms with E-state index in [0.29, 0.717) is 5.56 Å². The zero-order valence-electron chi connectivity index (χ0n) is 9.96. The number of benzene rings is 1. The second kappa shape index (κ2) is 5.79. The Balaban J connectivity index is 2.87. The van der Waals surface area contributed by atoms with Gasteiger partial charge in [-0.2, -0.15) is 0 Å². The van der Waals surface area contributed by atoms with Crippen LogP contribution in [-0.2, 0) is 26.4 Å². The van der Waals surface area contributed by atoms with E-state index >= 15 is 0 Å². The fourth-order valence-electron chi connectivity index (χ4n) is 1.37. The van der Waals surface area contributed by atoms with Gasteiger partial charge in [-0.3, -0.25) is 0 Å². The van der Waals surface area contributed by atoms with Crippen LogP contribution in [0.15, 0.2) is 29.2 Å². The first-order valence-corrected chi connectivity index (χ1v) is 8.76. The highest BCUT2D eigenvalue weighted by molar-refractivity contribution is 7.91. The third-order valence-corrected chi connectivity index (χ3v) is 4.75. The summed E-state index contributed by atoms with van der Waals surface area (Å²) in [5.74, 6) is -0.239. The molecule has 0 amide bonds. The van der Waals surface area contributed by atoms with Crippen molar-refractivity contribution in [3.63, 3.8) is 0 Å². The van der Waals surface area contributed by atoms with Crippen LogP contribution in [0.4, 0.5) is 0 Å². The third kappa shape index (κ3) is 4.37. The normalized spacial score (nSPS) is 12.6. The predicted octanol–water partition coefficient (Wildman–Crippen LogP) is -0.532. The molecular weight excluding hydrogens is 276 g/mol. The van der Waals surface area contributed by atoms with Gasteiger partial charge < -0.3 is 5.73 Å². The lowest BCUT2D eigenvalue weighted by molar-refractivity contribution is 0.581. The minimum Gasteiger partial charge on any atom is -0.326 e. The molecule has 0 heterocycles. The molecule has 0 saturated carbocycles. The van der Waals surface area contributed by atoms with E-state index in [1.54, 1.807) is 18.2 Å². The number of rotatable bonds is 6. The van der Waals surface area contributed by atoms with E-state index < -0.39 is 19.9 Å². The first-order chi connectivity index (χ1) is 8.26. The van der Waals surface area contributed by atoms with Crippen LogP contribution in [0, 0.1) is 0 Å². The standard InChI is InChI=1S/C10H16N2O4S2/c1-17(13,14)7-6-12-18(15,16)10-5-3-2-4-9(10)8-11/h2-5,12H,6-8,11H2,1H3. The Morgan fingerprint density at radius 3 is 2.33 bits per heavy atom. The largest absolute Gasteiger partial charge is 0.326 e. The van der Waals surface area contributed by atoms with Gasteiger partial charge in [0, 0.05) is 19.3 Å². The Bertz CT molecular complexity index is 609. The molecule has 0 aliphatic heterocycles. The topological polar surface area (TPSA) is 106 Å². The SMILES string of the molecule is CS(=O)(=O)CCNS(=O)(=O)c1ccccc1CN. The maximum Gasteiger partial charge on any atom is 0.240 e. The summed E-state index contributed by atoms with van der Waals surface area (Å²) in [6.07, 6.45) is 1.05. The lowest BCUT2D eigenvalue weighted by Crippen LogP contribution is -2.29. The van der Waals surface area contributed by atoms with Gasteiger partial charge in [-0.05, 0) is 11.6 Å². The second-order valence-corrected chi connectivity index (χ2v) is 7.83. The summed E-state index contributed by atoms with van der Waals surface area (Å²) in [5.41, 5.74) is 5.95. The van der Waals surface area contributed by atoms with E-state index in [0.717, 1.165) is 6.26 Å². The predicted molar refractivity (Wildman–Crippen MR) is 69.2 cm³/mol. The highest BCUT2D eigenvalue weighted by atomic mass is 32.2. The van der Waals surface area contributed by atoms with Gasteiger partial charge in [-0.25, -0.2) is 21.6 Å². The quantitative estimate of drug-likeness (QED) is 0.733. The van der Waals surface area contributed by atoms with Gasteiger partial charge in [0.25, 0.3) is 0 Å². The monoisotopic (exact) mass is 292 g/mol. The molecule has 3 N–H and O–H groups in total. The highest BCUT2D eigenvalue weighted by Crippen LogP contribution is 2.14. The van der Waals surface area contributed by atoms with Crippen molar-refractivity contribution in [1.82, 2.24) is 4.72 Å². The van der Waals surface area contributed by atoms with Crippen LogP contribution >= 0.6 is 0 Å². The Labute approximate surface area is 107 Å². The maximum atomic E-state index is 11.9. The van der Waals surface area contributed by atoms with Gasteiger partial charge in [-0.1, -0.05) is 18.2 Å². The number of nitrogens with one attached hydrogen (secondary N) is 1. The maximum absolute atomic E-state index is 11.9. The van der Waals surface area contributed by atoms with E-state index in [4.69, 9.17) is 5.73 Å². The molecule has 1 aromatic rings. The number of nitrogens with two attached hydrogens (primary N) is 1. The van der Waals surface area contributed by atoms with Gasteiger partial charge in [0.1, 0.15) is 9.84 Å². The van der Waals surface area contributed by atoms with Crippen LogP contribution in [0.5, 0.6) is 0 Å². The van der Waals surface area contributed by atoms with Crippen molar-refractivity contribution in [2.75, 3.05) is 18.6 Å². The van der Waals surface area contributed by atoms with Gasteiger partial charge in [0.2, 0.25) is 10.0 Å². The molecule has 1 aromatic carbocycles. The Morgan fingerprint density at radius 1 is 1.17 bits per heavy atom. The molecule has 0 aliphatic rings. The minimum atomic E-state index is -3.72. The average molecular weight is 292 g/mol. The summed E-state index contributed by atoms with van der Waals surface area (Å²) < 4.78 is 48.0. The fraction of sp³-hybridized carbons (Fsp3) is 0.400. The molecule has 0 radical (unpaired) electrons. The molecule has 102 valence electrons. The number of sulfonamides is 1. The summed E-state index contributed by atoms with van der Waals surface area (Å²) in [7, 11) is -6.92. The van der Waals surface area contributed by atoms with Crippen molar-refractivity contribution in [1.29, 1.82) is 0 Å². The summed E-state index contributed by atoms with van der Waals surface area (Å²) in [6.45, 7) is -0.0523. The van der Waals surface area contributed by atoms with Crippen LogP contribution < -0.4 is 10.5 Å². The molecule has 1 rings (SSSR count). The van der Waals surface area contributed by atoms with Crippen molar-refractivity contribution in [3.05, 3.63) is 29.8 Å². The van der Waals surface area contributed by atoms with E-state index in [1.165, 1.54) is 6.07 Å². The van der Waals surface area contributed by atoms with Gasteiger partial charge >= 0.3 is 0 Å². The smallest absolute Gasteiger partial charge is 0.240 e. The molecule has 0 aliphatic carbocycles. The Kier molecular flexibility index (Phi) is 4.85. The van der Waals surface area contributed by atoms with E-state index in [2.05, 4.69) is 4.72 Å². The van der Waals surface area contributed by atoms with Crippen molar-refractivity contribution < 1.29 is 16.8 Å². The number of sulfone groups is 1. The van der Waals surface area contributed by atoms with E-state index in [1.807, 2.05) is 0 Å². The molecule has 0 aromatic heterocycles. The molecule has 18 heavy (non-hydrogen) atoms. The van der Waals surface area contributed by atoms with Crippen LogP contribution in [0.2, 0.25) is 0 Å². The lowest BCUT2D eigenvalue weighted by atomic mass is 10.2. The first-order valence-electron chi connectivity index (χ1n) is 5.21. The van der Waals surface area contributed by atoms with Gasteiger partial charge in [0.05, 0.1) is 10.6 Å². The van der Waals surface area contributed by atoms with Crippen LogP contribution in [0.25, 0.3) is 0 Å². The molecule has 8 heteroatoms. The third-order valence-electron chi connectivity index (χ3n) is 2.25. The zero-order valence-corrected chi connectivity index (χ0v) is 11.6. The average Bonchev–Trinajstić information content (AvgIpc) is 2.27. The molecule has 0 bridgehead atoms. The van der Waals surface area contributed by atoms with Crippen molar-refractivity contribution >= 4 is 19.9 Å². The van der Waals surface area contributed by atoms with Crippen LogP contribution in [0.1, 0.15) is 5.56 Å². The van der Waals surface area contributed by atoms with E-state index in [9.17, 15) is 16.8 Å². The number of hydrogen-bond donors (Lipinski definition) is 2. The highest BCUT2D eigenvalue weighted by Gasteiger charge is 2.17. The lowest BCUT2D eigenvalue weighted by Gasteiger charge is -2.09.